The zero-order valence-corrected chi connectivity index (χ0v) is 12.7. The summed E-state index contributed by atoms with van der Waals surface area (Å²) < 4.78 is 5.86. The first-order chi connectivity index (χ1) is 7.77. The molecule has 1 aromatic carbocycles. The molecule has 1 radical (unpaired) electrons. The van der Waals surface area contributed by atoms with Gasteiger partial charge in [0.15, 0.2) is 0 Å². The molecule has 4 heteroatoms. The third kappa shape index (κ3) is 3.33. The maximum Gasteiger partial charge on any atom is 0.274 e. The minimum Gasteiger partial charge on any atom is -0.541 e. The molecule has 0 bridgehead atoms. The van der Waals surface area contributed by atoms with Crippen LogP contribution < -0.4 is 4.43 Å². The highest BCUT2D eigenvalue weighted by molar-refractivity contribution is 6.49. The van der Waals surface area contributed by atoms with E-state index in [-0.39, 0.29) is 5.41 Å². The highest BCUT2D eigenvalue weighted by atomic mass is 35.5. The Morgan fingerprint density at radius 3 is 2.29 bits per heavy atom. The minimum absolute atomic E-state index is 0.173. The van der Waals surface area contributed by atoms with Gasteiger partial charge in [0.25, 0.3) is 9.04 Å². The third-order valence-corrected chi connectivity index (χ3v) is 3.24. The van der Waals surface area contributed by atoms with Crippen LogP contribution >= 0.6 is 11.6 Å². The first-order valence-corrected chi connectivity index (χ1v) is 8.32. The van der Waals surface area contributed by atoms with Crippen molar-refractivity contribution >= 4 is 26.9 Å². The number of carbonyl (C=O) groups excluding carboxylic acids is 1. The van der Waals surface area contributed by atoms with Gasteiger partial charge in [0.1, 0.15) is 12.0 Å². The van der Waals surface area contributed by atoms with Crippen LogP contribution in [0, 0.1) is 0 Å². The summed E-state index contributed by atoms with van der Waals surface area (Å²) in [5, 5.41) is 0.576. The quantitative estimate of drug-likeness (QED) is 0.611. The molecule has 0 aliphatic carbocycles. The molecule has 0 aromatic heterocycles. The van der Waals surface area contributed by atoms with Crippen LogP contribution in [-0.4, -0.2) is 15.3 Å². The van der Waals surface area contributed by atoms with Crippen LogP contribution in [0.4, 0.5) is 0 Å². The molecule has 0 aliphatic rings. The Labute approximate surface area is 110 Å². The number of rotatable bonds is 3. The van der Waals surface area contributed by atoms with Gasteiger partial charge in [0, 0.05) is 11.1 Å². The fraction of sp³-hybridized carbons (Fsp3) is 0.462. The zero-order valence-electron chi connectivity index (χ0n) is 10.9. The predicted octanol–water partition coefficient (Wildman–Crippen LogP) is 4.08. The molecule has 0 N–H and O–H groups in total. The summed E-state index contributed by atoms with van der Waals surface area (Å²) in [5.41, 5.74) is 1.37. The molecule has 0 heterocycles. The molecule has 93 valence electrons. The van der Waals surface area contributed by atoms with Crippen LogP contribution in [0.3, 0.4) is 0 Å². The normalized spacial score (nSPS) is 11.7. The molecule has 0 fully saturated rings. The van der Waals surface area contributed by atoms with Crippen molar-refractivity contribution in [3.05, 3.63) is 28.3 Å². The van der Waals surface area contributed by atoms with Crippen LogP contribution in [0.2, 0.25) is 18.1 Å². The van der Waals surface area contributed by atoms with Crippen molar-refractivity contribution in [2.75, 3.05) is 0 Å². The van der Waals surface area contributed by atoms with E-state index in [1.165, 1.54) is 0 Å². The van der Waals surface area contributed by atoms with Gasteiger partial charge in [-0.25, -0.2) is 0 Å². The molecule has 17 heavy (non-hydrogen) atoms. The van der Waals surface area contributed by atoms with Gasteiger partial charge in [0.2, 0.25) is 0 Å². The highest BCUT2D eigenvalue weighted by Crippen LogP contribution is 2.39. The van der Waals surface area contributed by atoms with Gasteiger partial charge in [-0.15, -0.1) is 0 Å². The largest absolute Gasteiger partial charge is 0.541 e. The van der Waals surface area contributed by atoms with Crippen LogP contribution in [0.5, 0.6) is 5.75 Å². The lowest BCUT2D eigenvalue weighted by atomic mass is 9.83. The predicted molar refractivity (Wildman–Crippen MR) is 73.6 cm³/mol. The van der Waals surface area contributed by atoms with E-state index in [9.17, 15) is 4.79 Å². The molecule has 0 unspecified atom stereocenters. The van der Waals surface area contributed by atoms with Gasteiger partial charge in [-0.1, -0.05) is 32.4 Å². The van der Waals surface area contributed by atoms with Crippen LogP contribution in [0.1, 0.15) is 36.7 Å². The van der Waals surface area contributed by atoms with Gasteiger partial charge < -0.3 is 4.43 Å². The Morgan fingerprint density at radius 1 is 1.29 bits per heavy atom. The van der Waals surface area contributed by atoms with Crippen molar-refractivity contribution in [3.8, 4) is 5.75 Å². The molecule has 1 aromatic rings. The number of aldehydes is 1. The van der Waals surface area contributed by atoms with Gasteiger partial charge >= 0.3 is 0 Å². The maximum absolute atomic E-state index is 11.1. The summed E-state index contributed by atoms with van der Waals surface area (Å²) in [5.74, 6) is 0.669. The summed E-state index contributed by atoms with van der Waals surface area (Å²) >= 11 is 6.18. The first kappa shape index (κ1) is 14.3. The SMILES string of the molecule is C[Si](C)Oc1c(Cl)ccc(C=O)c1C(C)(C)C. The summed E-state index contributed by atoms with van der Waals surface area (Å²) in [7, 11) is -0.916. The number of halogens is 1. The van der Waals surface area contributed by atoms with Gasteiger partial charge in [0.05, 0.1) is 5.02 Å². The summed E-state index contributed by atoms with van der Waals surface area (Å²) in [6.07, 6.45) is 0.863. The number of hydrogen-bond donors (Lipinski definition) is 0. The Morgan fingerprint density at radius 2 is 1.88 bits per heavy atom. The fourth-order valence-corrected chi connectivity index (χ4v) is 2.63. The van der Waals surface area contributed by atoms with Crippen molar-refractivity contribution in [3.63, 3.8) is 0 Å². The average Bonchev–Trinajstić information content (AvgIpc) is 2.18. The summed E-state index contributed by atoms with van der Waals surface area (Å²) in [6, 6.07) is 3.47. The van der Waals surface area contributed by atoms with E-state index < -0.39 is 9.04 Å². The maximum atomic E-state index is 11.1. The Bertz CT molecular complexity index is 422. The Hall–Kier alpha value is -0.803. The van der Waals surface area contributed by atoms with E-state index in [4.69, 9.17) is 16.0 Å². The highest BCUT2D eigenvalue weighted by Gasteiger charge is 2.25. The standard InChI is InChI=1S/C13H18ClO2Si/c1-13(2,3)11-9(8-15)6-7-10(14)12(11)16-17(4)5/h6-8H,1-5H3. The number of benzene rings is 1. The summed E-state index contributed by atoms with van der Waals surface area (Å²) in [4.78, 5) is 11.1. The zero-order chi connectivity index (χ0) is 13.2. The smallest absolute Gasteiger partial charge is 0.274 e. The van der Waals surface area contributed by atoms with E-state index in [1.54, 1.807) is 12.1 Å². The lowest BCUT2D eigenvalue weighted by Crippen LogP contribution is -2.20. The van der Waals surface area contributed by atoms with Crippen molar-refractivity contribution in [2.45, 2.75) is 39.3 Å². The van der Waals surface area contributed by atoms with Crippen LogP contribution in [-0.2, 0) is 5.41 Å². The summed E-state index contributed by atoms with van der Waals surface area (Å²) in [6.45, 7) is 10.2. The Kier molecular flexibility index (Phi) is 4.39. The van der Waals surface area contributed by atoms with Crippen molar-refractivity contribution < 1.29 is 9.22 Å². The Balaban J connectivity index is 3.48. The van der Waals surface area contributed by atoms with E-state index in [0.29, 0.717) is 16.3 Å². The fourth-order valence-electron chi connectivity index (χ4n) is 1.75. The van der Waals surface area contributed by atoms with Gasteiger partial charge in [-0.05, 0) is 30.6 Å². The van der Waals surface area contributed by atoms with Crippen LogP contribution in [0.15, 0.2) is 12.1 Å². The van der Waals surface area contributed by atoms with Gasteiger partial charge in [-0.2, -0.15) is 0 Å². The number of hydrogen-bond acceptors (Lipinski definition) is 2. The number of carbonyl (C=O) groups is 1. The van der Waals surface area contributed by atoms with Crippen molar-refractivity contribution in [1.82, 2.24) is 0 Å². The van der Waals surface area contributed by atoms with E-state index >= 15 is 0 Å². The topological polar surface area (TPSA) is 26.3 Å². The molecule has 2 nitrogen and oxygen atoms in total. The molecule has 0 amide bonds. The van der Waals surface area contributed by atoms with E-state index in [1.807, 2.05) is 13.1 Å². The second-order valence-electron chi connectivity index (χ2n) is 5.22. The van der Waals surface area contributed by atoms with Crippen molar-refractivity contribution in [2.24, 2.45) is 0 Å². The molecule has 0 saturated heterocycles. The third-order valence-electron chi connectivity index (χ3n) is 2.33. The lowest BCUT2D eigenvalue weighted by Gasteiger charge is -2.26. The molecule has 0 spiro atoms. The van der Waals surface area contributed by atoms with Gasteiger partial charge in [-0.3, -0.25) is 4.79 Å². The lowest BCUT2D eigenvalue weighted by molar-refractivity contribution is 0.112. The molecular formula is C13H18ClO2Si. The monoisotopic (exact) mass is 269 g/mol. The molecular weight excluding hydrogens is 252 g/mol. The second kappa shape index (κ2) is 5.23. The molecule has 0 atom stereocenters. The minimum atomic E-state index is -0.916. The molecule has 0 aliphatic heterocycles. The van der Waals surface area contributed by atoms with E-state index in [0.717, 1.165) is 11.8 Å². The average molecular weight is 270 g/mol. The first-order valence-electron chi connectivity index (χ1n) is 5.53. The molecule has 0 saturated carbocycles. The second-order valence-corrected chi connectivity index (χ2v) is 7.65. The van der Waals surface area contributed by atoms with E-state index in [2.05, 4.69) is 20.8 Å². The van der Waals surface area contributed by atoms with Crippen molar-refractivity contribution in [1.29, 1.82) is 0 Å². The molecule has 1 rings (SSSR count). The van der Waals surface area contributed by atoms with Crippen LogP contribution in [0.25, 0.3) is 0 Å².